The summed E-state index contributed by atoms with van der Waals surface area (Å²) in [5, 5.41) is 11.9. The third kappa shape index (κ3) is 4.22. The van der Waals surface area contributed by atoms with Gasteiger partial charge in [-0.05, 0) is 36.8 Å². The molecule has 0 saturated heterocycles. The summed E-state index contributed by atoms with van der Waals surface area (Å²) in [4.78, 5) is 12.1. The number of carbonyl (C=O) groups is 1. The van der Waals surface area contributed by atoms with Gasteiger partial charge in [-0.15, -0.1) is 0 Å². The Balaban J connectivity index is 2.01. The third-order valence-electron chi connectivity index (χ3n) is 3.08. The lowest BCUT2D eigenvalue weighted by Crippen LogP contribution is -2.27. The minimum Gasteiger partial charge on any atom is -0.465 e. The molecule has 0 radical (unpaired) electrons. The molecule has 0 bridgehead atoms. The van der Waals surface area contributed by atoms with Gasteiger partial charge in [-0.2, -0.15) is 5.26 Å². The number of nitriles is 1. The Bertz CT molecular complexity index is 707. The van der Waals surface area contributed by atoms with Crippen LogP contribution < -0.4 is 5.32 Å². The molecule has 1 aromatic carbocycles. The first-order chi connectivity index (χ1) is 10.7. The number of nitrogens with one attached hydrogen (secondary N) is 1. The van der Waals surface area contributed by atoms with E-state index in [1.807, 2.05) is 43.3 Å². The Labute approximate surface area is 129 Å². The van der Waals surface area contributed by atoms with E-state index in [2.05, 4.69) is 5.32 Å². The molecule has 110 valence electrons. The van der Waals surface area contributed by atoms with Crippen molar-refractivity contribution in [1.29, 1.82) is 5.26 Å². The maximum Gasteiger partial charge on any atom is 0.262 e. The number of nitrogens with zero attached hydrogens (tertiary/aromatic N) is 1. The molecule has 0 aliphatic carbocycles. The predicted molar refractivity (Wildman–Crippen MR) is 84.4 cm³/mol. The number of amides is 1. The fourth-order valence-electron chi connectivity index (χ4n) is 1.89. The van der Waals surface area contributed by atoms with Gasteiger partial charge in [-0.25, -0.2) is 0 Å². The first-order valence-electron chi connectivity index (χ1n) is 6.88. The number of carbonyl (C=O) groups excluding carboxylic acids is 1. The summed E-state index contributed by atoms with van der Waals surface area (Å²) in [5.41, 5.74) is 1.03. The molecule has 1 amide bonds. The van der Waals surface area contributed by atoms with Gasteiger partial charge in [0, 0.05) is 0 Å². The SMILES string of the molecule is CC(NC(=O)/C(C#N)=C/C=C/c1ccco1)c1ccccc1. The van der Waals surface area contributed by atoms with Crippen LogP contribution in [0.15, 0.2) is 70.9 Å². The minimum atomic E-state index is -0.400. The fraction of sp³-hybridized carbons (Fsp3) is 0.111. The normalized spacial score (nSPS) is 12.8. The molecule has 0 aliphatic heterocycles. The Morgan fingerprint density at radius 3 is 2.68 bits per heavy atom. The van der Waals surface area contributed by atoms with E-state index < -0.39 is 5.91 Å². The maximum absolute atomic E-state index is 12.1. The van der Waals surface area contributed by atoms with Crippen LogP contribution in [0.3, 0.4) is 0 Å². The van der Waals surface area contributed by atoms with E-state index in [0.29, 0.717) is 5.76 Å². The van der Waals surface area contributed by atoms with Crippen LogP contribution >= 0.6 is 0 Å². The van der Waals surface area contributed by atoms with Crippen molar-refractivity contribution in [2.75, 3.05) is 0 Å². The van der Waals surface area contributed by atoms with Gasteiger partial charge in [0.2, 0.25) is 0 Å². The van der Waals surface area contributed by atoms with E-state index >= 15 is 0 Å². The molecular formula is C18H16N2O2. The average Bonchev–Trinajstić information content (AvgIpc) is 3.05. The predicted octanol–water partition coefficient (Wildman–Crippen LogP) is 3.62. The second kappa shape index (κ2) is 7.65. The summed E-state index contributed by atoms with van der Waals surface area (Å²) in [6.45, 7) is 1.88. The molecule has 0 aliphatic rings. The molecule has 0 spiro atoms. The van der Waals surface area contributed by atoms with Crippen LogP contribution in [0, 0.1) is 11.3 Å². The zero-order valence-corrected chi connectivity index (χ0v) is 12.2. The van der Waals surface area contributed by atoms with Crippen molar-refractivity contribution < 1.29 is 9.21 Å². The molecule has 4 nitrogen and oxygen atoms in total. The van der Waals surface area contributed by atoms with Gasteiger partial charge in [-0.1, -0.05) is 36.4 Å². The van der Waals surface area contributed by atoms with Gasteiger partial charge in [0.1, 0.15) is 17.4 Å². The quantitative estimate of drug-likeness (QED) is 0.520. The van der Waals surface area contributed by atoms with Gasteiger partial charge < -0.3 is 9.73 Å². The van der Waals surface area contributed by atoms with Crippen LogP contribution in [-0.2, 0) is 4.79 Å². The first-order valence-corrected chi connectivity index (χ1v) is 6.88. The van der Waals surface area contributed by atoms with E-state index in [1.165, 1.54) is 6.08 Å². The first kappa shape index (κ1) is 15.3. The number of furan rings is 1. The van der Waals surface area contributed by atoms with Gasteiger partial charge >= 0.3 is 0 Å². The lowest BCUT2D eigenvalue weighted by Gasteiger charge is -2.13. The molecule has 1 atom stereocenters. The fourth-order valence-corrected chi connectivity index (χ4v) is 1.89. The van der Waals surface area contributed by atoms with E-state index in [4.69, 9.17) is 9.68 Å². The van der Waals surface area contributed by atoms with Crippen LogP contribution in [-0.4, -0.2) is 5.91 Å². The summed E-state index contributed by atoms with van der Waals surface area (Å²) in [7, 11) is 0. The highest BCUT2D eigenvalue weighted by molar-refractivity contribution is 5.97. The molecule has 4 heteroatoms. The Hall–Kier alpha value is -3.06. The van der Waals surface area contributed by atoms with Crippen molar-refractivity contribution in [3.63, 3.8) is 0 Å². The van der Waals surface area contributed by atoms with Crippen molar-refractivity contribution in [2.24, 2.45) is 0 Å². The molecule has 0 fully saturated rings. The maximum atomic E-state index is 12.1. The summed E-state index contributed by atoms with van der Waals surface area (Å²) in [6.07, 6.45) is 6.33. The van der Waals surface area contributed by atoms with Gasteiger partial charge in [0.15, 0.2) is 0 Å². The topological polar surface area (TPSA) is 66.0 Å². The highest BCUT2D eigenvalue weighted by Gasteiger charge is 2.12. The highest BCUT2D eigenvalue weighted by atomic mass is 16.3. The van der Waals surface area contributed by atoms with Crippen molar-refractivity contribution in [1.82, 2.24) is 5.32 Å². The largest absolute Gasteiger partial charge is 0.465 e. The number of allylic oxidation sites excluding steroid dienone is 2. The van der Waals surface area contributed by atoms with Crippen LogP contribution in [0.2, 0.25) is 0 Å². The van der Waals surface area contributed by atoms with E-state index in [9.17, 15) is 4.79 Å². The average molecular weight is 292 g/mol. The van der Waals surface area contributed by atoms with Gasteiger partial charge in [-0.3, -0.25) is 4.79 Å². The molecule has 0 saturated carbocycles. The smallest absolute Gasteiger partial charge is 0.262 e. The van der Waals surface area contributed by atoms with Gasteiger partial charge in [0.25, 0.3) is 5.91 Å². The number of benzene rings is 1. The standard InChI is InChI=1S/C18H16N2O2/c1-14(15-7-3-2-4-8-15)20-18(21)16(13-19)9-5-10-17-11-6-12-22-17/h2-12,14H,1H3,(H,20,21)/b10-5+,16-9+. The summed E-state index contributed by atoms with van der Waals surface area (Å²) in [6, 6.07) is 14.9. The molecule has 1 unspecified atom stereocenters. The second-order valence-electron chi connectivity index (χ2n) is 4.67. The molecule has 22 heavy (non-hydrogen) atoms. The zero-order chi connectivity index (χ0) is 15.8. The third-order valence-corrected chi connectivity index (χ3v) is 3.08. The second-order valence-corrected chi connectivity index (χ2v) is 4.67. The van der Waals surface area contributed by atoms with E-state index in [-0.39, 0.29) is 11.6 Å². The Morgan fingerprint density at radius 2 is 2.05 bits per heavy atom. The summed E-state index contributed by atoms with van der Waals surface area (Å²) >= 11 is 0. The van der Waals surface area contributed by atoms with E-state index in [0.717, 1.165) is 5.56 Å². The van der Waals surface area contributed by atoms with Crippen LogP contribution in [0.5, 0.6) is 0 Å². The molecule has 2 rings (SSSR count). The number of rotatable bonds is 5. The van der Waals surface area contributed by atoms with Crippen molar-refractivity contribution in [2.45, 2.75) is 13.0 Å². The molecular weight excluding hydrogens is 276 g/mol. The zero-order valence-electron chi connectivity index (χ0n) is 12.2. The van der Waals surface area contributed by atoms with Crippen LogP contribution in [0.4, 0.5) is 0 Å². The summed E-state index contributed by atoms with van der Waals surface area (Å²) in [5.74, 6) is 0.259. The van der Waals surface area contributed by atoms with Crippen molar-refractivity contribution in [3.8, 4) is 6.07 Å². The van der Waals surface area contributed by atoms with Crippen molar-refractivity contribution in [3.05, 3.63) is 77.8 Å². The lowest BCUT2D eigenvalue weighted by molar-refractivity contribution is -0.117. The van der Waals surface area contributed by atoms with Crippen LogP contribution in [0.25, 0.3) is 6.08 Å². The monoisotopic (exact) mass is 292 g/mol. The van der Waals surface area contributed by atoms with Gasteiger partial charge in [0.05, 0.1) is 12.3 Å². The Morgan fingerprint density at radius 1 is 1.27 bits per heavy atom. The molecule has 2 aromatic rings. The summed E-state index contributed by atoms with van der Waals surface area (Å²) < 4.78 is 5.13. The lowest BCUT2D eigenvalue weighted by atomic mass is 10.1. The number of hydrogen-bond acceptors (Lipinski definition) is 3. The van der Waals surface area contributed by atoms with Crippen molar-refractivity contribution >= 4 is 12.0 Å². The van der Waals surface area contributed by atoms with Crippen LogP contribution in [0.1, 0.15) is 24.3 Å². The van der Waals surface area contributed by atoms with E-state index in [1.54, 1.807) is 30.5 Å². The Kier molecular flexibility index (Phi) is 5.33. The minimum absolute atomic E-state index is 0.0468. The molecule has 1 heterocycles. The number of hydrogen-bond donors (Lipinski definition) is 1. The molecule has 1 aromatic heterocycles. The molecule has 1 N–H and O–H groups in total. The highest BCUT2D eigenvalue weighted by Crippen LogP contribution is 2.12.